The summed E-state index contributed by atoms with van der Waals surface area (Å²) in [5.41, 5.74) is 1.81. The molecule has 3 aliphatic rings. The number of carbonyl (C=O) groups excluding carboxylic acids is 1. The van der Waals surface area contributed by atoms with E-state index in [2.05, 4.69) is 81.2 Å². The Kier molecular flexibility index (Phi) is 8.73. The van der Waals surface area contributed by atoms with Gasteiger partial charge in [-0.15, -0.1) is 0 Å². The predicted octanol–water partition coefficient (Wildman–Crippen LogP) is 7.39. The fraction of sp³-hybridized carbons (Fsp3) is 0.321. The second-order valence-corrected chi connectivity index (χ2v) is 12.7. The molecule has 220 valence electrons. The zero-order valence-corrected chi connectivity index (χ0v) is 27.3. The molecule has 4 aromatic rings. The number of hydrogen-bond acceptors (Lipinski definition) is 6. The second kappa shape index (κ2) is 12.5. The van der Waals surface area contributed by atoms with E-state index in [9.17, 15) is 13.6 Å². The molecule has 1 amide bonds. The first-order valence-electron chi connectivity index (χ1n) is 13.2. The minimum atomic E-state index is -2.71. The first-order valence-corrected chi connectivity index (χ1v) is 15.8. The normalized spacial score (nSPS) is 17.5. The van der Waals surface area contributed by atoms with Gasteiger partial charge in [-0.2, -0.15) is 0 Å². The molecule has 0 saturated carbocycles. The van der Waals surface area contributed by atoms with Gasteiger partial charge in [0, 0.05) is 34.4 Å². The van der Waals surface area contributed by atoms with Gasteiger partial charge in [0.1, 0.15) is 39.5 Å². The molecule has 1 atom stereocenters. The van der Waals surface area contributed by atoms with Crippen molar-refractivity contribution in [2.45, 2.75) is 38.4 Å². The van der Waals surface area contributed by atoms with Gasteiger partial charge in [-0.05, 0) is 71.8 Å². The summed E-state index contributed by atoms with van der Waals surface area (Å²) >= 11 is 9.13. The molecule has 2 aromatic heterocycles. The lowest BCUT2D eigenvalue weighted by atomic mass is 10.1. The summed E-state index contributed by atoms with van der Waals surface area (Å²) in [6.07, 6.45) is 1.94. The third kappa shape index (κ3) is 6.02. The molecule has 0 unspecified atom stereocenters. The maximum Gasteiger partial charge on any atom is 0.416 e. The number of ether oxygens (including phenoxy) is 3. The average molecular weight is 819 g/mol. The van der Waals surface area contributed by atoms with E-state index in [1.165, 1.54) is 0 Å². The van der Waals surface area contributed by atoms with Crippen molar-refractivity contribution in [1.82, 2.24) is 19.1 Å². The van der Waals surface area contributed by atoms with Gasteiger partial charge in [-0.1, -0.05) is 31.9 Å². The number of hydrogen-bond donors (Lipinski definition) is 0. The summed E-state index contributed by atoms with van der Waals surface area (Å²) in [5.74, 6) is 3.30. The lowest BCUT2D eigenvalue weighted by Gasteiger charge is -2.17. The van der Waals surface area contributed by atoms with E-state index in [1.807, 2.05) is 34.9 Å². The van der Waals surface area contributed by atoms with Gasteiger partial charge < -0.3 is 23.3 Å². The zero-order chi connectivity index (χ0) is 29.4. The third-order valence-electron chi connectivity index (χ3n) is 6.93. The first kappa shape index (κ1) is 29.4. The highest BCUT2D eigenvalue weighted by molar-refractivity contribution is 14.1. The van der Waals surface area contributed by atoms with Crippen LogP contribution in [0.1, 0.15) is 12.8 Å². The SMILES string of the molecule is Brc1ccc2c(c1)OCCCn1cc(I)nc1-2.O=C1OC[C@@H](C(F)F)N1c1cn2c(n1)-c1ccc(Br)cc1OCCC2. The van der Waals surface area contributed by atoms with Crippen molar-refractivity contribution in [2.24, 2.45) is 0 Å². The van der Waals surface area contributed by atoms with Crippen LogP contribution in [0.4, 0.5) is 19.4 Å². The van der Waals surface area contributed by atoms with Crippen LogP contribution >= 0.6 is 54.5 Å². The van der Waals surface area contributed by atoms with E-state index < -0.39 is 18.6 Å². The van der Waals surface area contributed by atoms with Gasteiger partial charge in [0.05, 0.1) is 24.3 Å². The quantitative estimate of drug-likeness (QED) is 0.197. The number of amides is 1. The number of nitrogens with zero attached hydrogens (tertiary/aromatic N) is 5. The van der Waals surface area contributed by atoms with Crippen LogP contribution in [0.5, 0.6) is 11.5 Å². The summed E-state index contributed by atoms with van der Waals surface area (Å²) < 4.78 is 49.8. The zero-order valence-electron chi connectivity index (χ0n) is 22.0. The van der Waals surface area contributed by atoms with E-state index in [1.54, 1.807) is 6.20 Å². The standard InChI is InChI=1S/C16H14BrF2N3O3.C12H10BrIN2O/c17-9-2-3-10-12(6-9)24-5-1-4-21-7-13(20-15(10)21)22-11(14(18)19)8-25-16(22)23;13-8-2-3-9-10(6-8)17-5-1-4-16-7-11(14)15-12(9)16/h2-3,6-7,11,14H,1,4-5,8H2;2-3,6-7H,1,4-5H2/t11-;/m0./s1. The molecule has 0 bridgehead atoms. The van der Waals surface area contributed by atoms with Crippen LogP contribution in [0.2, 0.25) is 0 Å². The highest BCUT2D eigenvalue weighted by Gasteiger charge is 2.42. The molecule has 0 aliphatic carbocycles. The molecule has 0 N–H and O–H groups in total. The van der Waals surface area contributed by atoms with E-state index in [0.717, 1.165) is 66.2 Å². The Morgan fingerprint density at radius 2 is 1.43 bits per heavy atom. The van der Waals surface area contributed by atoms with Crippen LogP contribution in [0.25, 0.3) is 22.8 Å². The van der Waals surface area contributed by atoms with Crippen molar-refractivity contribution in [3.05, 3.63) is 61.4 Å². The largest absolute Gasteiger partial charge is 0.493 e. The first-order chi connectivity index (χ1) is 20.3. The molecule has 14 heteroatoms. The molecule has 2 aromatic carbocycles. The van der Waals surface area contributed by atoms with Crippen molar-refractivity contribution < 1.29 is 27.8 Å². The maximum atomic E-state index is 13.2. The topological polar surface area (TPSA) is 83.6 Å². The highest BCUT2D eigenvalue weighted by Crippen LogP contribution is 2.37. The van der Waals surface area contributed by atoms with Crippen LogP contribution in [0.3, 0.4) is 0 Å². The van der Waals surface area contributed by atoms with Gasteiger partial charge in [-0.3, -0.25) is 0 Å². The predicted molar refractivity (Wildman–Crippen MR) is 167 cm³/mol. The van der Waals surface area contributed by atoms with Crippen LogP contribution in [-0.4, -0.2) is 57.5 Å². The van der Waals surface area contributed by atoms with Crippen LogP contribution in [-0.2, 0) is 17.8 Å². The van der Waals surface area contributed by atoms with E-state index >= 15 is 0 Å². The fourth-order valence-electron chi connectivity index (χ4n) is 4.99. The summed E-state index contributed by atoms with van der Waals surface area (Å²) in [6, 6.07) is 10.3. The summed E-state index contributed by atoms with van der Waals surface area (Å²) in [5, 5.41) is 0. The molecule has 7 rings (SSSR count). The molecule has 42 heavy (non-hydrogen) atoms. The Labute approximate surface area is 270 Å². The van der Waals surface area contributed by atoms with Crippen LogP contribution in [0, 0.1) is 3.70 Å². The number of anilines is 1. The number of fused-ring (bicyclic) bond motifs is 6. The molecule has 3 aliphatic heterocycles. The summed E-state index contributed by atoms with van der Waals surface area (Å²) in [4.78, 5) is 21.9. The molecular weight excluding hydrogens is 795 g/mol. The number of rotatable bonds is 2. The van der Waals surface area contributed by atoms with Crippen molar-refractivity contribution in [3.8, 4) is 34.3 Å². The number of imidazole rings is 2. The van der Waals surface area contributed by atoms with Crippen molar-refractivity contribution >= 4 is 66.4 Å². The van der Waals surface area contributed by atoms with E-state index in [0.29, 0.717) is 24.7 Å². The Hall–Kier alpha value is -2.72. The van der Waals surface area contributed by atoms with Gasteiger partial charge >= 0.3 is 6.09 Å². The minimum Gasteiger partial charge on any atom is -0.493 e. The monoisotopic (exact) mass is 817 g/mol. The molecule has 1 saturated heterocycles. The van der Waals surface area contributed by atoms with Gasteiger partial charge in [-0.25, -0.2) is 28.4 Å². The number of alkyl halides is 2. The molecule has 5 heterocycles. The Morgan fingerprint density at radius 1 is 0.857 bits per heavy atom. The van der Waals surface area contributed by atoms with Crippen LogP contribution < -0.4 is 14.4 Å². The molecule has 0 spiro atoms. The number of aryl methyl sites for hydroxylation is 2. The Bertz CT molecular complexity index is 1630. The van der Waals surface area contributed by atoms with Gasteiger partial charge in [0.2, 0.25) is 0 Å². The minimum absolute atomic E-state index is 0.165. The summed E-state index contributed by atoms with van der Waals surface area (Å²) in [7, 11) is 0. The third-order valence-corrected chi connectivity index (χ3v) is 8.43. The number of aromatic nitrogens is 4. The average Bonchev–Trinajstić information content (AvgIpc) is 3.63. The van der Waals surface area contributed by atoms with E-state index in [-0.39, 0.29) is 12.4 Å². The maximum absolute atomic E-state index is 13.2. The van der Waals surface area contributed by atoms with Crippen molar-refractivity contribution in [3.63, 3.8) is 0 Å². The lowest BCUT2D eigenvalue weighted by molar-refractivity contribution is 0.104. The van der Waals surface area contributed by atoms with Crippen molar-refractivity contribution in [1.29, 1.82) is 0 Å². The molecule has 1 fully saturated rings. The van der Waals surface area contributed by atoms with Gasteiger partial charge in [0.15, 0.2) is 5.82 Å². The number of cyclic esters (lactones) is 1. The Morgan fingerprint density at radius 3 is 2.02 bits per heavy atom. The molecule has 0 radical (unpaired) electrons. The lowest BCUT2D eigenvalue weighted by Crippen LogP contribution is -2.38. The molecular formula is C28H24Br2F2IN5O4. The fourth-order valence-corrected chi connectivity index (χ4v) is 6.24. The number of benzene rings is 2. The number of halogens is 5. The van der Waals surface area contributed by atoms with Crippen LogP contribution in [0.15, 0.2) is 57.7 Å². The summed E-state index contributed by atoms with van der Waals surface area (Å²) in [6.45, 7) is 2.51. The van der Waals surface area contributed by atoms with Gasteiger partial charge in [0.25, 0.3) is 6.43 Å². The highest BCUT2D eigenvalue weighted by atomic mass is 127. The van der Waals surface area contributed by atoms with Crippen molar-refractivity contribution in [2.75, 3.05) is 24.7 Å². The molecule has 9 nitrogen and oxygen atoms in total. The number of carbonyl (C=O) groups is 1. The smallest absolute Gasteiger partial charge is 0.416 e. The van der Waals surface area contributed by atoms with E-state index in [4.69, 9.17) is 14.2 Å². The Balaban J connectivity index is 0.000000162. The second-order valence-electron chi connectivity index (χ2n) is 9.73.